The van der Waals surface area contributed by atoms with E-state index in [-0.39, 0.29) is 0 Å². The average molecular weight is 356 g/mol. The molecule has 3 nitrogen and oxygen atoms in total. The Labute approximate surface area is 132 Å². The lowest BCUT2D eigenvalue weighted by atomic mass is 10.2. The Kier molecular flexibility index (Phi) is 5.40. The van der Waals surface area contributed by atoms with Crippen molar-refractivity contribution in [2.45, 2.75) is 20.4 Å². The van der Waals surface area contributed by atoms with Crippen LogP contribution in [0.2, 0.25) is 5.02 Å². The number of rotatable bonds is 5. The Morgan fingerprint density at radius 2 is 2.10 bits per heavy atom. The second-order valence-corrected chi connectivity index (χ2v) is 5.69. The molecule has 1 heterocycles. The predicted octanol–water partition coefficient (Wildman–Crippen LogP) is 4.71. The van der Waals surface area contributed by atoms with Gasteiger partial charge in [-0.25, -0.2) is 4.98 Å². The van der Waals surface area contributed by atoms with Crippen LogP contribution in [0.5, 0.6) is 11.6 Å². The Morgan fingerprint density at radius 3 is 2.85 bits per heavy atom. The summed E-state index contributed by atoms with van der Waals surface area (Å²) in [4.78, 5) is 4.44. The maximum absolute atomic E-state index is 6.13. The highest BCUT2D eigenvalue weighted by Gasteiger charge is 2.07. The third-order valence-corrected chi connectivity index (χ3v) is 3.64. The van der Waals surface area contributed by atoms with Crippen LogP contribution in [0.3, 0.4) is 0 Å². The van der Waals surface area contributed by atoms with Crippen LogP contribution in [-0.2, 0) is 6.54 Å². The van der Waals surface area contributed by atoms with Crippen molar-refractivity contribution in [3.8, 4) is 11.6 Å². The molecule has 0 aliphatic rings. The lowest BCUT2D eigenvalue weighted by Gasteiger charge is -2.10. The molecule has 0 aliphatic heterocycles. The van der Waals surface area contributed by atoms with E-state index in [9.17, 15) is 0 Å². The molecular weight excluding hydrogens is 340 g/mol. The summed E-state index contributed by atoms with van der Waals surface area (Å²) in [6.45, 7) is 5.54. The molecule has 0 unspecified atom stereocenters. The quantitative estimate of drug-likeness (QED) is 0.843. The Hall–Kier alpha value is -1.10. The Bertz CT molecular complexity index is 604. The number of nitrogens with one attached hydrogen (secondary N) is 1. The number of hydrogen-bond donors (Lipinski definition) is 1. The van der Waals surface area contributed by atoms with Gasteiger partial charge in [-0.15, -0.1) is 0 Å². The summed E-state index contributed by atoms with van der Waals surface area (Å²) in [5.41, 5.74) is 1.84. The van der Waals surface area contributed by atoms with Crippen LogP contribution < -0.4 is 10.1 Å². The number of aromatic nitrogens is 1. The van der Waals surface area contributed by atoms with Crippen LogP contribution in [0, 0.1) is 6.92 Å². The van der Waals surface area contributed by atoms with Crippen molar-refractivity contribution in [1.29, 1.82) is 0 Å². The van der Waals surface area contributed by atoms with E-state index in [0.717, 1.165) is 28.0 Å². The summed E-state index contributed by atoms with van der Waals surface area (Å²) >= 11 is 9.56. The van der Waals surface area contributed by atoms with Crippen LogP contribution in [0.15, 0.2) is 34.8 Å². The summed E-state index contributed by atoms with van der Waals surface area (Å²) in [6, 6.07) is 9.49. The van der Waals surface area contributed by atoms with Gasteiger partial charge < -0.3 is 10.1 Å². The van der Waals surface area contributed by atoms with Gasteiger partial charge in [0.15, 0.2) is 0 Å². The SMILES string of the molecule is CCNCc1nc(Oc2cc(Br)ccc2C)ccc1Cl. The zero-order valence-electron chi connectivity index (χ0n) is 11.4. The number of benzene rings is 1. The molecule has 0 amide bonds. The molecular formula is C15H16BrClN2O. The zero-order chi connectivity index (χ0) is 14.5. The molecule has 2 aromatic rings. The first-order valence-corrected chi connectivity index (χ1v) is 7.57. The highest BCUT2D eigenvalue weighted by Crippen LogP contribution is 2.28. The minimum atomic E-state index is 0.545. The molecule has 0 saturated carbocycles. The monoisotopic (exact) mass is 354 g/mol. The van der Waals surface area contributed by atoms with Crippen molar-refractivity contribution in [2.75, 3.05) is 6.54 Å². The molecule has 0 aliphatic carbocycles. The minimum absolute atomic E-state index is 0.545. The van der Waals surface area contributed by atoms with Crippen molar-refractivity contribution in [3.05, 3.63) is 51.1 Å². The molecule has 0 atom stereocenters. The van der Waals surface area contributed by atoms with E-state index in [1.54, 1.807) is 6.07 Å². The summed E-state index contributed by atoms with van der Waals surface area (Å²) in [5.74, 6) is 1.33. The third-order valence-electron chi connectivity index (χ3n) is 2.80. The molecule has 1 aromatic carbocycles. The van der Waals surface area contributed by atoms with Crippen molar-refractivity contribution in [1.82, 2.24) is 10.3 Å². The fourth-order valence-corrected chi connectivity index (χ4v) is 2.20. The van der Waals surface area contributed by atoms with Crippen LogP contribution in [0.4, 0.5) is 0 Å². The maximum Gasteiger partial charge on any atom is 0.219 e. The fraction of sp³-hybridized carbons (Fsp3) is 0.267. The maximum atomic E-state index is 6.13. The summed E-state index contributed by atoms with van der Waals surface area (Å²) in [7, 11) is 0. The van der Waals surface area contributed by atoms with E-state index >= 15 is 0 Å². The van der Waals surface area contributed by atoms with Gasteiger partial charge in [-0.2, -0.15) is 0 Å². The Balaban J connectivity index is 2.22. The van der Waals surface area contributed by atoms with Gasteiger partial charge in [0.2, 0.25) is 5.88 Å². The van der Waals surface area contributed by atoms with Crippen molar-refractivity contribution < 1.29 is 4.74 Å². The van der Waals surface area contributed by atoms with E-state index in [2.05, 4.69) is 26.2 Å². The third kappa shape index (κ3) is 3.95. The second-order valence-electron chi connectivity index (χ2n) is 4.37. The van der Waals surface area contributed by atoms with Gasteiger partial charge >= 0.3 is 0 Å². The zero-order valence-corrected chi connectivity index (χ0v) is 13.8. The number of halogens is 2. The number of pyridine rings is 1. The van der Waals surface area contributed by atoms with E-state index in [1.165, 1.54) is 0 Å². The van der Waals surface area contributed by atoms with Gasteiger partial charge in [0.1, 0.15) is 5.75 Å². The van der Waals surface area contributed by atoms with Crippen molar-refractivity contribution in [3.63, 3.8) is 0 Å². The number of ether oxygens (including phenoxy) is 1. The predicted molar refractivity (Wildman–Crippen MR) is 85.6 cm³/mol. The molecule has 5 heteroatoms. The highest BCUT2D eigenvalue weighted by atomic mass is 79.9. The average Bonchev–Trinajstić information content (AvgIpc) is 2.43. The fourth-order valence-electron chi connectivity index (χ4n) is 1.69. The second kappa shape index (κ2) is 7.07. The van der Waals surface area contributed by atoms with E-state index in [0.29, 0.717) is 17.4 Å². The van der Waals surface area contributed by atoms with E-state index < -0.39 is 0 Å². The molecule has 1 N–H and O–H groups in total. The first-order valence-electron chi connectivity index (χ1n) is 6.40. The van der Waals surface area contributed by atoms with Gasteiger partial charge in [0.05, 0.1) is 10.7 Å². The molecule has 0 fully saturated rings. The van der Waals surface area contributed by atoms with Gasteiger partial charge in [-0.3, -0.25) is 0 Å². The van der Waals surface area contributed by atoms with Crippen LogP contribution in [0.1, 0.15) is 18.2 Å². The number of nitrogens with zero attached hydrogens (tertiary/aromatic N) is 1. The standard InChI is InChI=1S/C15H16BrClN2O/c1-3-18-9-13-12(17)6-7-15(19-13)20-14-8-11(16)5-4-10(14)2/h4-8,18H,3,9H2,1-2H3. The summed E-state index contributed by atoms with van der Waals surface area (Å²) in [6.07, 6.45) is 0. The van der Waals surface area contributed by atoms with E-state index in [1.807, 2.05) is 38.1 Å². The summed E-state index contributed by atoms with van der Waals surface area (Å²) in [5, 5.41) is 3.85. The lowest BCUT2D eigenvalue weighted by molar-refractivity contribution is 0.456. The molecule has 0 spiro atoms. The van der Waals surface area contributed by atoms with E-state index in [4.69, 9.17) is 16.3 Å². The first kappa shape index (κ1) is 15.3. The lowest BCUT2D eigenvalue weighted by Crippen LogP contribution is -2.13. The van der Waals surface area contributed by atoms with Gasteiger partial charge in [-0.1, -0.05) is 40.5 Å². The molecule has 0 radical (unpaired) electrons. The van der Waals surface area contributed by atoms with Crippen LogP contribution >= 0.6 is 27.5 Å². The van der Waals surface area contributed by atoms with Crippen molar-refractivity contribution in [2.24, 2.45) is 0 Å². The number of aryl methyl sites for hydroxylation is 1. The molecule has 106 valence electrons. The highest BCUT2D eigenvalue weighted by molar-refractivity contribution is 9.10. The first-order chi connectivity index (χ1) is 9.60. The largest absolute Gasteiger partial charge is 0.439 e. The topological polar surface area (TPSA) is 34.2 Å². The molecule has 1 aromatic heterocycles. The molecule has 2 rings (SSSR count). The minimum Gasteiger partial charge on any atom is -0.439 e. The van der Waals surface area contributed by atoms with Crippen molar-refractivity contribution >= 4 is 27.5 Å². The molecule has 0 bridgehead atoms. The Morgan fingerprint density at radius 1 is 1.30 bits per heavy atom. The van der Waals surface area contributed by atoms with Crippen LogP contribution in [0.25, 0.3) is 0 Å². The molecule has 0 saturated heterocycles. The van der Waals surface area contributed by atoms with Crippen LogP contribution in [-0.4, -0.2) is 11.5 Å². The van der Waals surface area contributed by atoms with Gasteiger partial charge in [0.25, 0.3) is 0 Å². The van der Waals surface area contributed by atoms with Gasteiger partial charge in [0, 0.05) is 17.1 Å². The smallest absolute Gasteiger partial charge is 0.219 e. The molecule has 20 heavy (non-hydrogen) atoms. The van der Waals surface area contributed by atoms with Gasteiger partial charge in [-0.05, 0) is 37.2 Å². The summed E-state index contributed by atoms with van der Waals surface area (Å²) < 4.78 is 6.81. The number of hydrogen-bond acceptors (Lipinski definition) is 3. The normalized spacial score (nSPS) is 10.6.